The van der Waals surface area contributed by atoms with E-state index in [0.717, 1.165) is 16.3 Å². The Kier molecular flexibility index (Phi) is 27.2. The molecule has 486 valence electrons. The number of aromatic nitrogens is 1. The van der Waals surface area contributed by atoms with Crippen LogP contribution in [0.5, 0.6) is 5.75 Å². The lowest BCUT2D eigenvalue weighted by Crippen LogP contribution is -2.62. The molecule has 91 heavy (non-hydrogen) atoms. The number of H-pyrrole nitrogens is 1. The highest BCUT2D eigenvalue weighted by Gasteiger charge is 2.36. The SMILES string of the molecule is C[C@@H](O)[C@H](NC(=O)[C@H](CCCCN)NC(=O)[C@@H](Cc1c[nH]c2ccccc12)NC(=O)[C@H](Cc1ccc(O)cc1)NC(=O)[C@@H](CS)NC(=O)[C@H](Cc1ccccc1)NC(=O)CN1CCN(CCO)CC1)C(=O)N[C@@H](CS)C(=O)NC(=O)Cc1ccc2ccccc2c1. The van der Waals surface area contributed by atoms with Gasteiger partial charge in [0.15, 0.2) is 0 Å². The van der Waals surface area contributed by atoms with E-state index < -0.39 is 102 Å². The van der Waals surface area contributed by atoms with E-state index in [-0.39, 0.29) is 69.1 Å². The summed E-state index contributed by atoms with van der Waals surface area (Å²) in [7, 11) is 0. The third-order valence-electron chi connectivity index (χ3n) is 15.6. The summed E-state index contributed by atoms with van der Waals surface area (Å²) in [5.74, 6) is -7.78. The molecular formula is C65H82N12O12S2. The Labute approximate surface area is 538 Å². The van der Waals surface area contributed by atoms with Crippen molar-refractivity contribution >= 4 is 100 Å². The van der Waals surface area contributed by atoms with Gasteiger partial charge >= 0.3 is 0 Å². The van der Waals surface area contributed by atoms with Crippen LogP contribution in [0.15, 0.2) is 128 Å². The number of fused-ring (bicyclic) bond motifs is 2. The average Bonchev–Trinajstić information content (AvgIpc) is 2.04. The number of carbonyl (C=O) groups is 9. The largest absolute Gasteiger partial charge is 0.508 e. The minimum absolute atomic E-state index is 0.000278. The predicted octanol–water partition coefficient (Wildman–Crippen LogP) is 0.313. The fraction of sp³-hybridized carbons (Fsp3) is 0.400. The Hall–Kier alpha value is -8.37. The molecule has 24 nitrogen and oxygen atoms in total. The van der Waals surface area contributed by atoms with Crippen LogP contribution in [0.3, 0.4) is 0 Å². The van der Waals surface area contributed by atoms with Gasteiger partial charge in [0.1, 0.15) is 48.0 Å². The highest BCUT2D eigenvalue weighted by atomic mass is 32.1. The number of imide groups is 1. The second-order valence-corrected chi connectivity index (χ2v) is 23.3. The number of β-amino-alcohol motifs (C(OH)–C–C–N with tert-alkyl or cyclic N) is 1. The van der Waals surface area contributed by atoms with Crippen LogP contribution in [-0.4, -0.2) is 196 Å². The van der Waals surface area contributed by atoms with E-state index in [1.54, 1.807) is 42.6 Å². The van der Waals surface area contributed by atoms with Crippen molar-refractivity contribution in [3.05, 3.63) is 150 Å². The minimum Gasteiger partial charge on any atom is -0.508 e. The standard InChI is InChI=1S/C65H82N12O12S2/c1-40(79)58(65(89)73-55(39-91)64(88)74-56(81)34-43-18-21-44-13-5-6-14-45(44)31-43)75-59(83)50(17-9-10-24-66)69-62(86)53(35-46-36-67-49-16-8-7-15-48(46)49)71-61(85)52(33-42-19-22-47(80)23-20-42)70-63(87)54(38-90)72-60(84)51(32-41-11-3-2-4-12-41)68-57(82)37-77-27-25-76(26-28-77)29-30-78/h2-8,11-16,18-23,31,36,40,50-55,58,67,78-80,90-91H,9-10,17,24-30,32-35,37-39,66H2,1H3,(H,68,82)(H,69,86)(H,70,87)(H,71,85)(H,72,84)(H,73,89)(H,75,83)(H,74,81,88)/t40-,50+,51+,52+,53-,54-,55+,58+/m1/s1. The normalized spacial score (nSPS) is 15.3. The highest BCUT2D eigenvalue weighted by molar-refractivity contribution is 7.80. The maximum absolute atomic E-state index is 15.0. The molecule has 1 fully saturated rings. The number of rotatable bonds is 33. The number of nitrogens with two attached hydrogens (primary N) is 1. The Morgan fingerprint density at radius 2 is 1.08 bits per heavy atom. The van der Waals surface area contributed by atoms with E-state index in [1.807, 2.05) is 65.6 Å². The zero-order chi connectivity index (χ0) is 65.4. The molecule has 7 rings (SSSR count). The van der Waals surface area contributed by atoms with Crippen LogP contribution in [0.2, 0.25) is 0 Å². The van der Waals surface area contributed by atoms with Crippen molar-refractivity contribution in [1.82, 2.24) is 57.3 Å². The number of para-hydroxylation sites is 1. The highest BCUT2D eigenvalue weighted by Crippen LogP contribution is 2.21. The van der Waals surface area contributed by atoms with Gasteiger partial charge in [-0.3, -0.25) is 58.3 Å². The first-order valence-corrected chi connectivity index (χ1v) is 31.6. The number of nitrogens with one attached hydrogen (secondary N) is 9. The molecule has 1 aliphatic heterocycles. The van der Waals surface area contributed by atoms with Crippen molar-refractivity contribution < 1.29 is 58.5 Å². The topological polar surface area (TPSA) is 359 Å². The molecule has 26 heteroatoms. The molecule has 0 radical (unpaired) electrons. The van der Waals surface area contributed by atoms with Gasteiger partial charge in [0.05, 0.1) is 25.7 Å². The van der Waals surface area contributed by atoms with Gasteiger partial charge in [-0.1, -0.05) is 103 Å². The fourth-order valence-corrected chi connectivity index (χ4v) is 11.1. The van der Waals surface area contributed by atoms with Gasteiger partial charge in [0.2, 0.25) is 53.2 Å². The van der Waals surface area contributed by atoms with E-state index in [0.29, 0.717) is 73.2 Å². The summed E-state index contributed by atoms with van der Waals surface area (Å²) in [6, 6.07) is 25.1. The Morgan fingerprint density at radius 3 is 1.73 bits per heavy atom. The quantitative estimate of drug-likeness (QED) is 0.0195. The summed E-state index contributed by atoms with van der Waals surface area (Å²) in [5.41, 5.74) is 8.98. The number of hydrogen-bond donors (Lipinski definition) is 15. The number of aromatic amines is 1. The first-order chi connectivity index (χ1) is 43.8. The molecule has 6 aromatic rings. The number of benzene rings is 5. The molecule has 1 aromatic heterocycles. The molecule has 0 aliphatic carbocycles. The molecule has 0 unspecified atom stereocenters. The molecule has 2 heterocycles. The summed E-state index contributed by atoms with van der Waals surface area (Å²) < 4.78 is 0. The van der Waals surface area contributed by atoms with Crippen LogP contribution in [-0.2, 0) is 68.8 Å². The Morgan fingerprint density at radius 1 is 0.549 bits per heavy atom. The number of hydrogen-bond acceptors (Lipinski definition) is 17. The van der Waals surface area contributed by atoms with Gasteiger partial charge < -0.3 is 63.3 Å². The maximum Gasteiger partial charge on any atom is 0.249 e. The lowest BCUT2D eigenvalue weighted by Gasteiger charge is -2.34. The van der Waals surface area contributed by atoms with Crippen LogP contribution in [0, 0.1) is 0 Å². The van der Waals surface area contributed by atoms with E-state index >= 15 is 0 Å². The third kappa shape index (κ3) is 21.4. The number of nitrogens with zero attached hydrogens (tertiary/aromatic N) is 2. The van der Waals surface area contributed by atoms with Gasteiger partial charge in [-0.25, -0.2) is 0 Å². The monoisotopic (exact) mass is 1290 g/mol. The molecule has 1 aliphatic rings. The van der Waals surface area contributed by atoms with Crippen molar-refractivity contribution in [1.29, 1.82) is 0 Å². The number of unbranched alkanes of at least 4 members (excludes halogenated alkanes) is 1. The summed E-state index contributed by atoms with van der Waals surface area (Å²) in [6.07, 6.45) is 0.322. The van der Waals surface area contributed by atoms with Gasteiger partial charge in [-0.2, -0.15) is 25.3 Å². The first-order valence-electron chi connectivity index (χ1n) is 30.3. The van der Waals surface area contributed by atoms with Gasteiger partial charge in [-0.05, 0) is 84.0 Å². The van der Waals surface area contributed by atoms with Crippen LogP contribution < -0.4 is 48.3 Å². The summed E-state index contributed by atoms with van der Waals surface area (Å²) in [4.78, 5) is 134. The van der Waals surface area contributed by atoms with Crippen molar-refractivity contribution in [2.75, 3.05) is 63.9 Å². The predicted molar refractivity (Wildman–Crippen MR) is 351 cm³/mol. The second-order valence-electron chi connectivity index (χ2n) is 22.5. The minimum atomic E-state index is -1.70. The van der Waals surface area contributed by atoms with Crippen LogP contribution in [0.25, 0.3) is 21.7 Å². The second kappa shape index (κ2) is 35.3. The maximum atomic E-state index is 15.0. The van der Waals surface area contributed by atoms with Crippen molar-refractivity contribution in [2.45, 2.75) is 100 Å². The fourth-order valence-electron chi connectivity index (χ4n) is 10.6. The summed E-state index contributed by atoms with van der Waals surface area (Å²) in [5, 5.41) is 54.2. The molecule has 9 amide bonds. The molecular weight excluding hydrogens is 1200 g/mol. The number of aliphatic hydroxyl groups is 2. The summed E-state index contributed by atoms with van der Waals surface area (Å²) in [6.45, 7) is 4.45. The number of thiol groups is 2. The Balaban J connectivity index is 1.08. The number of aliphatic hydroxyl groups excluding tert-OH is 2. The van der Waals surface area contributed by atoms with Crippen LogP contribution in [0.1, 0.15) is 48.4 Å². The zero-order valence-electron chi connectivity index (χ0n) is 50.6. The van der Waals surface area contributed by atoms with E-state index in [4.69, 9.17) is 5.73 Å². The number of aromatic hydroxyl groups is 1. The first kappa shape index (κ1) is 70.1. The molecule has 14 N–H and O–H groups in total. The molecule has 0 saturated carbocycles. The zero-order valence-corrected chi connectivity index (χ0v) is 52.4. The van der Waals surface area contributed by atoms with Crippen molar-refractivity contribution in [3.63, 3.8) is 0 Å². The number of phenolic OH excluding ortho intramolecular Hbond substituents is 1. The number of amides is 9. The lowest BCUT2D eigenvalue weighted by molar-refractivity contribution is -0.137. The van der Waals surface area contributed by atoms with Crippen LogP contribution >= 0.6 is 25.3 Å². The lowest BCUT2D eigenvalue weighted by atomic mass is 10.0. The number of phenols is 1. The van der Waals surface area contributed by atoms with E-state index in [2.05, 4.69) is 77.7 Å². The molecule has 5 aromatic carbocycles. The molecule has 1 saturated heterocycles. The third-order valence-corrected chi connectivity index (χ3v) is 16.4. The van der Waals surface area contributed by atoms with E-state index in [1.165, 1.54) is 31.2 Å². The van der Waals surface area contributed by atoms with Crippen LogP contribution in [0.4, 0.5) is 0 Å². The average molecular weight is 1290 g/mol. The van der Waals surface area contributed by atoms with Gasteiger partial charge in [-0.15, -0.1) is 0 Å². The van der Waals surface area contributed by atoms with Crippen molar-refractivity contribution in [2.24, 2.45) is 5.73 Å². The number of piperazine rings is 1. The number of carbonyl (C=O) groups excluding carboxylic acids is 9. The molecule has 8 atom stereocenters. The smallest absolute Gasteiger partial charge is 0.249 e. The summed E-state index contributed by atoms with van der Waals surface area (Å²) >= 11 is 8.66. The molecule has 0 bridgehead atoms. The van der Waals surface area contributed by atoms with Gasteiger partial charge in [0, 0.05) is 80.6 Å². The molecule has 0 spiro atoms. The van der Waals surface area contributed by atoms with E-state index in [9.17, 15) is 58.5 Å². The Bertz CT molecular complexity index is 3440. The van der Waals surface area contributed by atoms with Crippen molar-refractivity contribution in [3.8, 4) is 5.75 Å². The van der Waals surface area contributed by atoms with Gasteiger partial charge in [0.25, 0.3) is 0 Å².